The molecule has 0 bridgehead atoms. The molecule has 2 unspecified atom stereocenters. The van der Waals surface area contributed by atoms with Crippen molar-refractivity contribution in [2.24, 2.45) is 11.8 Å². The van der Waals surface area contributed by atoms with E-state index in [0.29, 0.717) is 23.6 Å². The van der Waals surface area contributed by atoms with Gasteiger partial charge in [-0.1, -0.05) is 30.5 Å². The Morgan fingerprint density at radius 1 is 1.04 bits per heavy atom. The summed E-state index contributed by atoms with van der Waals surface area (Å²) in [6.45, 7) is 1.77. The fraction of sp³-hybridized carbons (Fsp3) is 0.474. The van der Waals surface area contributed by atoms with E-state index < -0.39 is 29.6 Å². The Morgan fingerprint density at radius 3 is 2.36 bits per heavy atom. The van der Waals surface area contributed by atoms with Crippen molar-refractivity contribution in [1.29, 1.82) is 0 Å². The summed E-state index contributed by atoms with van der Waals surface area (Å²) >= 11 is 6.00. The van der Waals surface area contributed by atoms with Gasteiger partial charge in [-0.05, 0) is 37.5 Å². The van der Waals surface area contributed by atoms with Crippen molar-refractivity contribution in [2.75, 3.05) is 5.32 Å². The molecule has 0 heterocycles. The van der Waals surface area contributed by atoms with Gasteiger partial charge in [-0.25, -0.2) is 0 Å². The average Bonchev–Trinajstić information content (AvgIpc) is 2.68. The van der Waals surface area contributed by atoms with E-state index in [1.165, 1.54) is 0 Å². The molecule has 0 spiro atoms. The first-order chi connectivity index (χ1) is 13.3. The highest BCUT2D eigenvalue weighted by molar-refractivity contribution is 6.31. The molecule has 1 aromatic rings. The summed E-state index contributed by atoms with van der Waals surface area (Å²) in [4.78, 5) is 47.3. The molecule has 0 aliphatic heterocycles. The van der Waals surface area contributed by atoms with E-state index in [4.69, 9.17) is 11.6 Å². The van der Waals surface area contributed by atoms with E-state index in [9.17, 15) is 24.3 Å². The van der Waals surface area contributed by atoms with Gasteiger partial charge in [0.25, 0.3) is 0 Å². The zero-order chi connectivity index (χ0) is 20.7. The van der Waals surface area contributed by atoms with E-state index in [2.05, 4.69) is 16.2 Å². The Kier molecular flexibility index (Phi) is 7.80. The van der Waals surface area contributed by atoms with Gasteiger partial charge >= 0.3 is 5.97 Å². The minimum Gasteiger partial charge on any atom is -0.481 e. The summed E-state index contributed by atoms with van der Waals surface area (Å²) in [5.41, 5.74) is 5.83. The lowest BCUT2D eigenvalue weighted by Gasteiger charge is -2.27. The van der Waals surface area contributed by atoms with Crippen LogP contribution in [0.5, 0.6) is 0 Å². The summed E-state index contributed by atoms with van der Waals surface area (Å²) in [5, 5.41) is 12.4. The maximum Gasteiger partial charge on any atom is 0.307 e. The Balaban J connectivity index is 1.76. The fourth-order valence-corrected chi connectivity index (χ4v) is 3.38. The van der Waals surface area contributed by atoms with Crippen LogP contribution < -0.4 is 16.2 Å². The van der Waals surface area contributed by atoms with Gasteiger partial charge in [-0.15, -0.1) is 0 Å². The van der Waals surface area contributed by atoms with Crippen LogP contribution in [0.25, 0.3) is 0 Å². The lowest BCUT2D eigenvalue weighted by Crippen LogP contribution is -2.48. The summed E-state index contributed by atoms with van der Waals surface area (Å²) < 4.78 is 0. The van der Waals surface area contributed by atoms with Gasteiger partial charge in [-0.3, -0.25) is 30.0 Å². The van der Waals surface area contributed by atoms with Crippen LogP contribution >= 0.6 is 11.6 Å². The number of nitrogens with one attached hydrogen (secondary N) is 3. The molecule has 1 aliphatic carbocycles. The zero-order valence-corrected chi connectivity index (χ0v) is 16.3. The van der Waals surface area contributed by atoms with E-state index in [1.807, 2.05) is 0 Å². The van der Waals surface area contributed by atoms with Crippen LogP contribution in [0.4, 0.5) is 5.69 Å². The lowest BCUT2D eigenvalue weighted by molar-refractivity contribution is -0.149. The van der Waals surface area contributed by atoms with Crippen LogP contribution in [-0.2, 0) is 19.2 Å². The maximum absolute atomic E-state index is 12.2. The highest BCUT2D eigenvalue weighted by Crippen LogP contribution is 2.30. The molecular formula is C19H24ClN3O5. The number of carbonyl (C=O) groups is 4. The van der Waals surface area contributed by atoms with Gasteiger partial charge in [0.05, 0.1) is 11.8 Å². The third-order valence-electron chi connectivity index (χ3n) is 4.87. The second-order valence-corrected chi connectivity index (χ2v) is 7.24. The predicted molar refractivity (Wildman–Crippen MR) is 103 cm³/mol. The number of benzene rings is 1. The smallest absolute Gasteiger partial charge is 0.307 e. The van der Waals surface area contributed by atoms with Crippen LogP contribution in [-0.4, -0.2) is 28.8 Å². The number of carboxylic acid groups (broad SMARTS) is 1. The topological polar surface area (TPSA) is 125 Å². The third kappa shape index (κ3) is 5.95. The van der Waals surface area contributed by atoms with E-state index in [0.717, 1.165) is 18.4 Å². The standard InChI is InChI=1S/C19H24ClN3O5/c1-11-14(20)7-4-8-15(11)21-16(24)9-10-17(25)22-23-18(26)12-5-2-3-6-13(12)19(27)28/h4,7-8,12-13H,2-3,5-6,9-10H2,1H3,(H,21,24)(H,22,25)(H,23,26)(H,27,28). The van der Waals surface area contributed by atoms with Crippen LogP contribution in [0.1, 0.15) is 44.1 Å². The third-order valence-corrected chi connectivity index (χ3v) is 5.28. The number of hydrazine groups is 1. The number of carboxylic acids is 1. The van der Waals surface area contributed by atoms with Crippen molar-refractivity contribution in [3.8, 4) is 0 Å². The highest BCUT2D eigenvalue weighted by atomic mass is 35.5. The summed E-state index contributed by atoms with van der Waals surface area (Å²) in [7, 11) is 0. The summed E-state index contributed by atoms with van der Waals surface area (Å²) in [5.74, 6) is -3.81. The normalized spacial score (nSPS) is 18.8. The number of amides is 3. The largest absolute Gasteiger partial charge is 0.481 e. The molecule has 8 nitrogen and oxygen atoms in total. The Bertz CT molecular complexity index is 768. The lowest BCUT2D eigenvalue weighted by atomic mass is 9.79. The molecule has 2 atom stereocenters. The number of rotatable bonds is 6. The van der Waals surface area contributed by atoms with Crippen LogP contribution in [0.2, 0.25) is 5.02 Å². The summed E-state index contributed by atoms with van der Waals surface area (Å²) in [6.07, 6.45) is 2.27. The Hall–Kier alpha value is -2.61. The molecule has 4 N–H and O–H groups in total. The first kappa shape index (κ1) is 21.7. The van der Waals surface area contributed by atoms with E-state index in [-0.39, 0.29) is 18.7 Å². The van der Waals surface area contributed by atoms with Crippen molar-refractivity contribution in [3.63, 3.8) is 0 Å². The van der Waals surface area contributed by atoms with Gasteiger partial charge in [0, 0.05) is 23.6 Å². The molecule has 1 aliphatic rings. The number of halogens is 1. The van der Waals surface area contributed by atoms with Gasteiger partial charge in [0.2, 0.25) is 17.7 Å². The molecule has 1 saturated carbocycles. The minimum atomic E-state index is -1.00. The number of aliphatic carboxylic acids is 1. The SMILES string of the molecule is Cc1c(Cl)cccc1NC(=O)CCC(=O)NNC(=O)C1CCCCC1C(=O)O. The minimum absolute atomic E-state index is 0.0746. The molecule has 0 radical (unpaired) electrons. The van der Waals surface area contributed by atoms with Crippen LogP contribution in [0.3, 0.4) is 0 Å². The van der Waals surface area contributed by atoms with Gasteiger partial charge < -0.3 is 10.4 Å². The molecule has 9 heteroatoms. The number of carbonyl (C=O) groups excluding carboxylic acids is 3. The number of hydrogen-bond acceptors (Lipinski definition) is 4. The predicted octanol–water partition coefficient (Wildman–Crippen LogP) is 2.41. The average molecular weight is 410 g/mol. The Labute approximate surface area is 168 Å². The van der Waals surface area contributed by atoms with Gasteiger partial charge in [-0.2, -0.15) is 0 Å². The molecule has 28 heavy (non-hydrogen) atoms. The monoisotopic (exact) mass is 409 g/mol. The molecule has 1 aromatic carbocycles. The number of hydrogen-bond donors (Lipinski definition) is 4. The van der Waals surface area contributed by atoms with Gasteiger partial charge in [0.15, 0.2) is 0 Å². The van der Waals surface area contributed by atoms with Gasteiger partial charge in [0.1, 0.15) is 0 Å². The molecule has 3 amide bonds. The van der Waals surface area contributed by atoms with Crippen LogP contribution in [0, 0.1) is 18.8 Å². The second kappa shape index (κ2) is 10.1. The fourth-order valence-electron chi connectivity index (χ4n) is 3.21. The molecule has 0 aromatic heterocycles. The quantitative estimate of drug-likeness (QED) is 0.537. The van der Waals surface area contributed by atoms with E-state index >= 15 is 0 Å². The Morgan fingerprint density at radius 2 is 1.68 bits per heavy atom. The molecular weight excluding hydrogens is 386 g/mol. The zero-order valence-electron chi connectivity index (χ0n) is 15.6. The van der Waals surface area contributed by atoms with Crippen molar-refractivity contribution in [3.05, 3.63) is 28.8 Å². The van der Waals surface area contributed by atoms with Crippen molar-refractivity contribution < 1.29 is 24.3 Å². The van der Waals surface area contributed by atoms with Crippen LogP contribution in [0.15, 0.2) is 18.2 Å². The van der Waals surface area contributed by atoms with Crippen molar-refractivity contribution >= 4 is 41.0 Å². The number of anilines is 1. The maximum atomic E-state index is 12.2. The molecule has 2 rings (SSSR count). The van der Waals surface area contributed by atoms with E-state index in [1.54, 1.807) is 25.1 Å². The molecule has 1 fully saturated rings. The summed E-state index contributed by atoms with van der Waals surface area (Å²) in [6, 6.07) is 5.13. The van der Waals surface area contributed by atoms with Crippen molar-refractivity contribution in [1.82, 2.24) is 10.9 Å². The first-order valence-electron chi connectivity index (χ1n) is 9.16. The second-order valence-electron chi connectivity index (χ2n) is 6.83. The highest BCUT2D eigenvalue weighted by Gasteiger charge is 2.35. The molecule has 152 valence electrons. The van der Waals surface area contributed by atoms with Crippen molar-refractivity contribution in [2.45, 2.75) is 45.4 Å². The first-order valence-corrected chi connectivity index (χ1v) is 9.54. The molecule has 0 saturated heterocycles.